The Kier molecular flexibility index (Phi) is 3.25. The summed E-state index contributed by atoms with van der Waals surface area (Å²) in [4.78, 5) is 31.8. The van der Waals surface area contributed by atoms with Crippen molar-refractivity contribution in [1.82, 2.24) is 9.97 Å². The molecule has 6 heteroatoms. The number of hydrogen-bond donors (Lipinski definition) is 3. The Balaban J connectivity index is 1.60. The Labute approximate surface area is 134 Å². The van der Waals surface area contributed by atoms with Gasteiger partial charge in [-0.25, -0.2) is 4.79 Å². The average molecular weight is 317 g/mol. The summed E-state index contributed by atoms with van der Waals surface area (Å²) in [6, 6.07) is 0.127. The van der Waals surface area contributed by atoms with E-state index in [1.54, 1.807) is 0 Å². The van der Waals surface area contributed by atoms with Gasteiger partial charge in [0.05, 0.1) is 6.04 Å². The molecule has 23 heavy (non-hydrogen) atoms. The van der Waals surface area contributed by atoms with E-state index in [2.05, 4.69) is 21.9 Å². The highest BCUT2D eigenvalue weighted by atomic mass is 16.3. The molecule has 4 aliphatic rings. The van der Waals surface area contributed by atoms with Crippen molar-refractivity contribution in [1.29, 1.82) is 0 Å². The molecule has 1 atom stereocenters. The molecule has 0 aromatic carbocycles. The van der Waals surface area contributed by atoms with Crippen LogP contribution in [-0.2, 0) is 0 Å². The molecule has 1 aromatic heterocycles. The molecule has 3 N–H and O–H groups in total. The van der Waals surface area contributed by atoms with Crippen LogP contribution in [0, 0.1) is 23.2 Å². The topological polar surface area (TPSA) is 98.3 Å². The number of hydrogen-bond acceptors (Lipinski definition) is 4. The molecule has 4 saturated carbocycles. The van der Waals surface area contributed by atoms with Gasteiger partial charge in [-0.15, -0.1) is 0 Å². The van der Waals surface area contributed by atoms with Crippen molar-refractivity contribution in [2.24, 2.45) is 28.2 Å². The Morgan fingerprint density at radius 3 is 2.22 bits per heavy atom. The van der Waals surface area contributed by atoms with Gasteiger partial charge in [-0.1, -0.05) is 0 Å². The van der Waals surface area contributed by atoms with Gasteiger partial charge in [0.25, 0.3) is 5.56 Å². The van der Waals surface area contributed by atoms with Crippen LogP contribution in [0.3, 0.4) is 0 Å². The second-order valence-corrected chi connectivity index (χ2v) is 7.90. The molecule has 4 aliphatic carbocycles. The molecule has 1 unspecified atom stereocenters. The Morgan fingerprint density at radius 2 is 1.70 bits per heavy atom. The molecule has 124 valence electrons. The van der Waals surface area contributed by atoms with Crippen LogP contribution in [0.1, 0.15) is 51.0 Å². The molecule has 6 nitrogen and oxygen atoms in total. The van der Waals surface area contributed by atoms with Crippen LogP contribution < -0.4 is 11.2 Å². The number of rotatable bonds is 3. The molecule has 0 radical (unpaired) electrons. The highest BCUT2D eigenvalue weighted by Gasteiger charge is 2.53. The van der Waals surface area contributed by atoms with Gasteiger partial charge in [-0.05, 0) is 68.6 Å². The summed E-state index contributed by atoms with van der Waals surface area (Å²) < 4.78 is 0. The van der Waals surface area contributed by atoms with Gasteiger partial charge in [-0.2, -0.15) is 0 Å². The summed E-state index contributed by atoms with van der Waals surface area (Å²) in [5.41, 5.74) is -1.02. The largest absolute Gasteiger partial charge is 0.494 e. The lowest BCUT2D eigenvalue weighted by Crippen LogP contribution is -2.50. The lowest BCUT2D eigenvalue weighted by Gasteiger charge is -2.58. The molecule has 4 bridgehead atoms. The summed E-state index contributed by atoms with van der Waals surface area (Å²) in [6.07, 6.45) is 9.30. The molecule has 0 aliphatic heterocycles. The van der Waals surface area contributed by atoms with Crippen molar-refractivity contribution in [3.63, 3.8) is 0 Å². The molecular weight excluding hydrogens is 294 g/mol. The van der Waals surface area contributed by atoms with Crippen molar-refractivity contribution in [2.45, 2.75) is 51.5 Å². The predicted molar refractivity (Wildman–Crippen MR) is 87.0 cm³/mol. The first-order valence-corrected chi connectivity index (χ1v) is 8.54. The minimum Gasteiger partial charge on any atom is -0.494 e. The van der Waals surface area contributed by atoms with E-state index in [-0.39, 0.29) is 17.0 Å². The number of nitrogens with one attached hydrogen (secondary N) is 2. The number of aromatic nitrogens is 2. The fourth-order valence-corrected chi connectivity index (χ4v) is 5.64. The van der Waals surface area contributed by atoms with Crippen LogP contribution in [0.25, 0.3) is 0 Å². The van der Waals surface area contributed by atoms with E-state index in [0.717, 1.165) is 17.8 Å². The van der Waals surface area contributed by atoms with E-state index >= 15 is 0 Å². The maximum absolute atomic E-state index is 11.8. The van der Waals surface area contributed by atoms with Crippen molar-refractivity contribution in [3.05, 3.63) is 26.4 Å². The zero-order valence-electron chi connectivity index (χ0n) is 13.3. The lowest BCUT2D eigenvalue weighted by molar-refractivity contribution is -0.0632. The predicted octanol–water partition coefficient (Wildman–Crippen LogP) is 1.79. The maximum atomic E-state index is 11.8. The van der Waals surface area contributed by atoms with Gasteiger partial charge in [0.1, 0.15) is 5.56 Å². The van der Waals surface area contributed by atoms with Gasteiger partial charge in [0.2, 0.25) is 5.88 Å². The molecule has 1 heterocycles. The zero-order valence-corrected chi connectivity index (χ0v) is 13.3. The van der Waals surface area contributed by atoms with Crippen molar-refractivity contribution < 1.29 is 5.11 Å². The van der Waals surface area contributed by atoms with Crippen LogP contribution in [0.15, 0.2) is 14.6 Å². The van der Waals surface area contributed by atoms with Crippen LogP contribution in [-0.4, -0.2) is 27.3 Å². The first kappa shape index (κ1) is 14.7. The zero-order chi connectivity index (χ0) is 16.2. The van der Waals surface area contributed by atoms with E-state index in [1.165, 1.54) is 44.7 Å². The first-order valence-electron chi connectivity index (χ1n) is 8.54. The van der Waals surface area contributed by atoms with Crippen LogP contribution in [0.4, 0.5) is 0 Å². The Morgan fingerprint density at radius 1 is 1.13 bits per heavy atom. The number of nitrogens with zero attached hydrogens (tertiary/aromatic N) is 1. The van der Waals surface area contributed by atoms with Gasteiger partial charge in [-0.3, -0.25) is 19.8 Å². The standard InChI is InChI=1S/C17H23N3O3/c1-9(18-8-13-14(21)19-16(23)20-15(13)22)17-5-10-2-11(6-17)4-12(3-10)7-17/h8-12H,2-7H2,1H3,(H3,19,20,21,22,23). The summed E-state index contributed by atoms with van der Waals surface area (Å²) >= 11 is 0. The summed E-state index contributed by atoms with van der Waals surface area (Å²) in [5, 5.41) is 9.75. The quantitative estimate of drug-likeness (QED) is 0.741. The second-order valence-electron chi connectivity index (χ2n) is 7.90. The van der Waals surface area contributed by atoms with E-state index in [1.807, 2.05) is 0 Å². The fourth-order valence-electron chi connectivity index (χ4n) is 5.64. The molecule has 4 fully saturated rings. The van der Waals surface area contributed by atoms with Crippen molar-refractivity contribution >= 4 is 6.21 Å². The first-order chi connectivity index (χ1) is 10.9. The van der Waals surface area contributed by atoms with Crippen LogP contribution in [0.5, 0.6) is 5.88 Å². The van der Waals surface area contributed by atoms with Crippen molar-refractivity contribution in [2.75, 3.05) is 0 Å². The summed E-state index contributed by atoms with van der Waals surface area (Å²) in [6.45, 7) is 2.13. The highest BCUT2D eigenvalue weighted by Crippen LogP contribution is 2.61. The minimum atomic E-state index is -0.709. The molecule has 0 amide bonds. The average Bonchev–Trinajstić information content (AvgIpc) is 2.44. The number of H-pyrrole nitrogens is 2. The smallest absolute Gasteiger partial charge is 0.328 e. The second kappa shape index (κ2) is 5.08. The SMILES string of the molecule is CC(N=Cc1c(O)[nH]c(=O)[nH]c1=O)C12CC3CC(CC(C3)C1)C2. The third kappa shape index (κ3) is 2.44. The third-order valence-electron chi connectivity index (χ3n) is 6.36. The van der Waals surface area contributed by atoms with Crippen LogP contribution >= 0.6 is 0 Å². The molecular formula is C17H23N3O3. The third-order valence-corrected chi connectivity index (χ3v) is 6.36. The Bertz CT molecular complexity index is 726. The van der Waals surface area contributed by atoms with Crippen molar-refractivity contribution in [3.8, 4) is 5.88 Å². The molecule has 1 aromatic rings. The lowest BCUT2D eigenvalue weighted by atomic mass is 9.48. The normalized spacial score (nSPS) is 36.7. The van der Waals surface area contributed by atoms with Crippen LogP contribution in [0.2, 0.25) is 0 Å². The van der Waals surface area contributed by atoms with E-state index in [4.69, 9.17) is 0 Å². The number of aromatic amines is 2. The molecule has 0 saturated heterocycles. The van der Waals surface area contributed by atoms with Gasteiger partial charge >= 0.3 is 5.69 Å². The number of aliphatic imine (C=N–C) groups is 1. The minimum absolute atomic E-state index is 0.0289. The fraction of sp³-hybridized carbons (Fsp3) is 0.706. The summed E-state index contributed by atoms with van der Waals surface area (Å²) in [5.74, 6) is 2.14. The van der Waals surface area contributed by atoms with E-state index in [0.29, 0.717) is 0 Å². The van der Waals surface area contributed by atoms with Gasteiger partial charge < -0.3 is 5.11 Å². The molecule has 0 spiro atoms. The number of aromatic hydroxyl groups is 1. The van der Waals surface area contributed by atoms with Gasteiger partial charge in [0, 0.05) is 6.21 Å². The van der Waals surface area contributed by atoms with Gasteiger partial charge in [0.15, 0.2) is 0 Å². The molecule has 5 rings (SSSR count). The monoisotopic (exact) mass is 317 g/mol. The maximum Gasteiger partial charge on any atom is 0.328 e. The Hall–Kier alpha value is -1.85. The van der Waals surface area contributed by atoms with E-state index in [9.17, 15) is 14.7 Å². The highest BCUT2D eigenvalue weighted by molar-refractivity contribution is 5.81. The van der Waals surface area contributed by atoms with E-state index < -0.39 is 17.1 Å². The summed E-state index contributed by atoms with van der Waals surface area (Å²) in [7, 11) is 0.